The molecule has 304 valence electrons. The average molecular weight is 787 g/mol. The quantitative estimate of drug-likeness (QED) is 0.0646. The Labute approximate surface area is 312 Å². The predicted octanol–water partition coefficient (Wildman–Crippen LogP) is 1.10. The van der Waals surface area contributed by atoms with Crippen LogP contribution in [0.2, 0.25) is 0 Å². The van der Waals surface area contributed by atoms with Gasteiger partial charge in [-0.15, -0.1) is 20.2 Å². The summed E-state index contributed by atoms with van der Waals surface area (Å²) in [7, 11) is 0. The van der Waals surface area contributed by atoms with Crippen LogP contribution in [0.25, 0.3) is 0 Å². The molecule has 0 bridgehead atoms. The van der Waals surface area contributed by atoms with Gasteiger partial charge in [0.05, 0.1) is 19.1 Å². The Morgan fingerprint density at radius 2 is 1.76 bits per heavy atom. The SMILES string of the molecule is C[C@H]1CC2C3CCC4=CC(=O)C=C[C@]4(C)[C@@]3(F)[C@@H](O)C[C@]2(C)[C@@]1(OC(=O)CCCO[N+](=O)[O-])C(=O)COC(=O)CC(N)C(=O)OCC(C[N+](=O)[O-])O[N+](=O)[O-]. The van der Waals surface area contributed by atoms with Crippen LogP contribution in [0.15, 0.2) is 23.8 Å². The maximum absolute atomic E-state index is 17.7. The van der Waals surface area contributed by atoms with Crippen LogP contribution in [-0.2, 0) is 47.9 Å². The number of allylic oxidation sites excluding steroid dienone is 4. The number of nitrogens with two attached hydrogens (primary N) is 1. The van der Waals surface area contributed by atoms with Gasteiger partial charge in [-0.3, -0.25) is 38.9 Å². The largest absolute Gasteiger partial charge is 0.462 e. The lowest BCUT2D eigenvalue weighted by atomic mass is 9.44. The number of rotatable bonds is 18. The molecule has 3 N–H and O–H groups in total. The fourth-order valence-electron chi connectivity index (χ4n) is 9.25. The van der Waals surface area contributed by atoms with E-state index in [0.717, 1.165) is 0 Å². The first-order valence-electron chi connectivity index (χ1n) is 17.5. The van der Waals surface area contributed by atoms with Crippen LogP contribution in [0.3, 0.4) is 0 Å². The minimum Gasteiger partial charge on any atom is -0.462 e. The van der Waals surface area contributed by atoms with Crippen LogP contribution in [0, 0.1) is 58.9 Å². The highest BCUT2D eigenvalue weighted by Crippen LogP contribution is 2.71. The van der Waals surface area contributed by atoms with Crippen molar-refractivity contribution in [2.24, 2.45) is 34.3 Å². The number of carbonyl (C=O) groups is 5. The van der Waals surface area contributed by atoms with Crippen LogP contribution in [0.4, 0.5) is 4.39 Å². The van der Waals surface area contributed by atoms with Crippen molar-refractivity contribution < 1.29 is 72.5 Å². The van der Waals surface area contributed by atoms with Crippen molar-refractivity contribution in [2.75, 3.05) is 26.4 Å². The zero-order chi connectivity index (χ0) is 41.1. The molecule has 0 aromatic rings. The summed E-state index contributed by atoms with van der Waals surface area (Å²) in [5.74, 6) is -7.16. The number of halogens is 1. The van der Waals surface area contributed by atoms with Gasteiger partial charge in [-0.25, -0.2) is 4.39 Å². The van der Waals surface area contributed by atoms with Crippen molar-refractivity contribution in [3.63, 3.8) is 0 Å². The van der Waals surface area contributed by atoms with E-state index in [4.69, 9.17) is 19.9 Å². The first kappa shape index (κ1) is 42.6. The molecule has 4 aliphatic carbocycles. The standard InChI is InChI=1S/C33H43FN4O17/c1-18-11-23-22-7-6-19-12-20(39)8-9-30(19,2)32(22,34)25(40)14-31(23,3)33(18,54-27(42)5-4-10-53-37(47)48)26(41)17-51-28(43)13-24(35)29(44)52-16-21(15-36(45)46)55-38(49)50/h8-9,12,18,21-25,40H,4-7,10-11,13-17,35H2,1-3H3/t18-,21?,22?,23?,24?,25-,30-,31-,32-,33-/m0/s1. The fourth-order valence-corrected chi connectivity index (χ4v) is 9.25. The lowest BCUT2D eigenvalue weighted by Gasteiger charge is -2.62. The molecule has 0 spiro atoms. The Balaban J connectivity index is 1.55. The van der Waals surface area contributed by atoms with E-state index < -0.39 is 143 Å². The molecule has 22 heteroatoms. The lowest BCUT2D eigenvalue weighted by molar-refractivity contribution is -0.774. The number of Topliss-reactive ketones (excluding diaryl/α,β-unsaturated/α-hetero) is 1. The van der Waals surface area contributed by atoms with Gasteiger partial charge in [0.2, 0.25) is 18.4 Å². The summed E-state index contributed by atoms with van der Waals surface area (Å²) < 4.78 is 33.6. The Morgan fingerprint density at radius 3 is 2.40 bits per heavy atom. The normalized spacial score (nSPS) is 33.0. The molecule has 10 atom stereocenters. The highest BCUT2D eigenvalue weighted by atomic mass is 19.1. The van der Waals surface area contributed by atoms with Crippen LogP contribution in [-0.4, -0.2) is 106 Å². The Kier molecular flexibility index (Phi) is 12.6. The van der Waals surface area contributed by atoms with E-state index in [1.54, 1.807) is 20.8 Å². The number of fused-ring (bicyclic) bond motifs is 5. The van der Waals surface area contributed by atoms with Crippen molar-refractivity contribution >= 4 is 29.5 Å². The molecule has 0 aromatic carbocycles. The van der Waals surface area contributed by atoms with E-state index in [9.17, 15) is 59.4 Å². The van der Waals surface area contributed by atoms with E-state index in [1.165, 1.54) is 18.2 Å². The Hall–Kier alpha value is -5.12. The number of ketones is 2. The smallest absolute Gasteiger partial charge is 0.323 e. The highest BCUT2D eigenvalue weighted by Gasteiger charge is 2.77. The van der Waals surface area contributed by atoms with Crippen LogP contribution < -0.4 is 5.73 Å². The molecule has 3 fully saturated rings. The lowest BCUT2D eigenvalue weighted by Crippen LogP contribution is -2.70. The van der Waals surface area contributed by atoms with Gasteiger partial charge in [-0.05, 0) is 57.1 Å². The average Bonchev–Trinajstić information content (AvgIpc) is 3.30. The van der Waals surface area contributed by atoms with E-state index in [2.05, 4.69) is 9.68 Å². The maximum Gasteiger partial charge on any atom is 0.323 e. The van der Waals surface area contributed by atoms with Crippen LogP contribution in [0.5, 0.6) is 0 Å². The van der Waals surface area contributed by atoms with E-state index >= 15 is 4.39 Å². The number of alkyl halides is 1. The van der Waals surface area contributed by atoms with Gasteiger partial charge >= 0.3 is 17.9 Å². The molecule has 0 radical (unpaired) electrons. The van der Waals surface area contributed by atoms with Gasteiger partial charge in [0, 0.05) is 34.0 Å². The third-order valence-corrected chi connectivity index (χ3v) is 11.6. The molecule has 4 aliphatic rings. The molecule has 21 nitrogen and oxygen atoms in total. The van der Waals surface area contributed by atoms with Gasteiger partial charge in [-0.2, -0.15) is 0 Å². The van der Waals surface area contributed by atoms with Crippen molar-refractivity contribution in [2.45, 2.75) is 95.2 Å². The topological polar surface area (TPSA) is 307 Å². The van der Waals surface area contributed by atoms with Gasteiger partial charge in [0.1, 0.15) is 12.6 Å². The predicted molar refractivity (Wildman–Crippen MR) is 177 cm³/mol. The number of ether oxygens (including phenoxy) is 3. The molecular weight excluding hydrogens is 743 g/mol. The summed E-state index contributed by atoms with van der Waals surface area (Å²) in [6, 6.07) is -1.75. The van der Waals surface area contributed by atoms with Crippen LogP contribution in [0.1, 0.15) is 65.7 Å². The number of hydrogen-bond donors (Lipinski definition) is 2. The van der Waals surface area contributed by atoms with Crippen LogP contribution >= 0.6 is 0 Å². The summed E-state index contributed by atoms with van der Waals surface area (Å²) in [6.07, 6.45) is -0.712. The second kappa shape index (κ2) is 16.3. The fraction of sp³-hybridized carbons (Fsp3) is 0.727. The minimum absolute atomic E-state index is 0.128. The molecule has 0 amide bonds. The minimum atomic E-state index is -2.29. The molecular formula is C33H43FN4O17. The second-order valence-electron chi connectivity index (χ2n) is 14.8. The number of nitro groups is 1. The zero-order valence-electron chi connectivity index (χ0n) is 30.3. The molecule has 3 saturated carbocycles. The van der Waals surface area contributed by atoms with E-state index in [-0.39, 0.29) is 25.0 Å². The molecule has 0 aromatic heterocycles. The number of aliphatic hydroxyl groups is 1. The maximum atomic E-state index is 17.7. The van der Waals surface area contributed by atoms with Gasteiger partial charge in [0.15, 0.2) is 23.7 Å². The molecule has 0 saturated heterocycles. The summed E-state index contributed by atoms with van der Waals surface area (Å²) in [5.41, 5.74) is -1.01. The first-order chi connectivity index (χ1) is 25.6. The number of hydrogen-bond acceptors (Lipinski definition) is 18. The third-order valence-electron chi connectivity index (χ3n) is 11.6. The Morgan fingerprint density at radius 1 is 1.07 bits per heavy atom. The summed E-state index contributed by atoms with van der Waals surface area (Å²) >= 11 is 0. The molecule has 4 rings (SSSR count). The number of carbonyl (C=O) groups excluding carboxylic acids is 5. The summed E-state index contributed by atoms with van der Waals surface area (Å²) in [5, 5.41) is 41.3. The van der Waals surface area contributed by atoms with Crippen molar-refractivity contribution in [1.82, 2.24) is 0 Å². The number of aliphatic hydroxyl groups excluding tert-OH is 1. The molecule has 4 unspecified atom stereocenters. The monoisotopic (exact) mass is 786 g/mol. The van der Waals surface area contributed by atoms with Crippen molar-refractivity contribution in [1.29, 1.82) is 0 Å². The first-order valence-corrected chi connectivity index (χ1v) is 17.5. The Bertz CT molecular complexity index is 1660. The summed E-state index contributed by atoms with van der Waals surface area (Å²) in [4.78, 5) is 104. The van der Waals surface area contributed by atoms with E-state index in [0.29, 0.717) is 12.0 Å². The van der Waals surface area contributed by atoms with Crippen molar-refractivity contribution in [3.8, 4) is 0 Å². The molecule has 55 heavy (non-hydrogen) atoms. The number of nitrogens with zero attached hydrogens (tertiary/aromatic N) is 3. The highest BCUT2D eigenvalue weighted by molar-refractivity contribution is 6.01. The second-order valence-corrected chi connectivity index (χ2v) is 14.8. The third kappa shape index (κ3) is 8.14. The van der Waals surface area contributed by atoms with Gasteiger partial charge < -0.3 is 29.9 Å². The van der Waals surface area contributed by atoms with Gasteiger partial charge in [0.25, 0.3) is 10.2 Å². The molecule has 0 heterocycles. The van der Waals surface area contributed by atoms with Crippen molar-refractivity contribution in [3.05, 3.63) is 54.1 Å². The number of esters is 3. The zero-order valence-corrected chi connectivity index (χ0v) is 30.3. The van der Waals surface area contributed by atoms with Gasteiger partial charge in [-0.1, -0.05) is 25.5 Å². The summed E-state index contributed by atoms with van der Waals surface area (Å²) in [6.45, 7) is 1.23. The van der Waals surface area contributed by atoms with E-state index in [1.807, 2.05) is 0 Å². The molecule has 0 aliphatic heterocycles.